The number of halogens is 3. The molecule has 1 aliphatic heterocycles. The molecule has 30 heavy (non-hydrogen) atoms. The van der Waals surface area contributed by atoms with Gasteiger partial charge in [-0.25, -0.2) is 0 Å². The van der Waals surface area contributed by atoms with Gasteiger partial charge in [-0.1, -0.05) is 30.7 Å². The van der Waals surface area contributed by atoms with Crippen LogP contribution in [-0.4, -0.2) is 34.7 Å². The quantitative estimate of drug-likeness (QED) is 0.702. The van der Waals surface area contributed by atoms with Crippen molar-refractivity contribution in [2.45, 2.75) is 63.5 Å². The van der Waals surface area contributed by atoms with Crippen molar-refractivity contribution in [1.29, 1.82) is 0 Å². The van der Waals surface area contributed by atoms with Gasteiger partial charge in [-0.05, 0) is 49.6 Å². The van der Waals surface area contributed by atoms with E-state index in [0.29, 0.717) is 6.04 Å². The zero-order valence-corrected chi connectivity index (χ0v) is 16.9. The van der Waals surface area contributed by atoms with E-state index in [9.17, 15) is 23.1 Å². The number of hydrogen-bond donors (Lipinski definition) is 2. The van der Waals surface area contributed by atoms with Crippen LogP contribution in [0.15, 0.2) is 47.1 Å². The minimum Gasteiger partial charge on any atom is -0.466 e. The van der Waals surface area contributed by atoms with Crippen LogP contribution in [0.25, 0.3) is 0 Å². The number of carbonyl (C=O) groups excluding carboxylic acids is 1. The lowest BCUT2D eigenvalue weighted by Crippen LogP contribution is -2.46. The van der Waals surface area contributed by atoms with Gasteiger partial charge in [-0.2, -0.15) is 13.2 Å². The molecule has 164 valence electrons. The third kappa shape index (κ3) is 5.05. The minimum absolute atomic E-state index is 0.0866. The lowest BCUT2D eigenvalue weighted by atomic mass is 9.95. The van der Waals surface area contributed by atoms with Gasteiger partial charge in [-0.3, -0.25) is 9.69 Å². The molecule has 8 heteroatoms. The van der Waals surface area contributed by atoms with Crippen LogP contribution >= 0.6 is 0 Å². The number of furan rings is 1. The fourth-order valence-corrected chi connectivity index (χ4v) is 3.83. The number of amides is 1. The van der Waals surface area contributed by atoms with E-state index in [2.05, 4.69) is 17.1 Å². The van der Waals surface area contributed by atoms with E-state index in [-0.39, 0.29) is 6.54 Å². The number of carbonyl (C=O) groups is 1. The Balaban J connectivity index is 1.66. The van der Waals surface area contributed by atoms with Crippen LogP contribution in [0.5, 0.6) is 0 Å². The number of likely N-dealkylation sites (tertiary alicyclic amines) is 1. The maximum atomic E-state index is 13.5. The molecule has 1 aliphatic rings. The molecule has 2 heterocycles. The molecule has 2 atom stereocenters. The van der Waals surface area contributed by atoms with Crippen molar-refractivity contribution in [1.82, 2.24) is 10.2 Å². The van der Waals surface area contributed by atoms with Gasteiger partial charge in [-0.15, -0.1) is 0 Å². The minimum atomic E-state index is -5.05. The van der Waals surface area contributed by atoms with Gasteiger partial charge >= 0.3 is 6.18 Å². The Hall–Kier alpha value is -2.32. The maximum Gasteiger partial charge on any atom is 0.425 e. The molecule has 2 N–H and O–H groups in total. The molecule has 0 spiro atoms. The maximum absolute atomic E-state index is 13.5. The zero-order chi connectivity index (χ0) is 21.8. The number of hydrogen-bond acceptors (Lipinski definition) is 4. The first kappa shape index (κ1) is 22.4. The molecule has 1 amide bonds. The van der Waals surface area contributed by atoms with E-state index in [1.54, 1.807) is 0 Å². The number of nitrogens with zero attached hydrogens (tertiary/aromatic N) is 1. The molecule has 0 aliphatic carbocycles. The predicted molar refractivity (Wildman–Crippen MR) is 105 cm³/mol. The van der Waals surface area contributed by atoms with E-state index in [1.165, 1.54) is 12.5 Å². The van der Waals surface area contributed by atoms with Crippen LogP contribution in [0.4, 0.5) is 13.2 Å². The second kappa shape index (κ2) is 9.22. The SMILES string of the molecule is C[C@@H]1CCCCN1Cc1ccccc1CNC(=O)C[C@@](O)(c1ccco1)C(F)(F)F. The summed E-state index contributed by atoms with van der Waals surface area (Å²) in [5.41, 5.74) is -1.50. The third-order valence-corrected chi connectivity index (χ3v) is 5.72. The summed E-state index contributed by atoms with van der Waals surface area (Å²) in [6.07, 6.45) is -1.69. The Morgan fingerprint density at radius 2 is 1.93 bits per heavy atom. The van der Waals surface area contributed by atoms with E-state index in [4.69, 9.17) is 4.42 Å². The van der Waals surface area contributed by atoms with Gasteiger partial charge < -0.3 is 14.8 Å². The number of benzene rings is 1. The van der Waals surface area contributed by atoms with Crippen molar-refractivity contribution in [3.8, 4) is 0 Å². The van der Waals surface area contributed by atoms with E-state index in [0.717, 1.165) is 49.4 Å². The normalized spacial score (nSPS) is 20.0. The summed E-state index contributed by atoms with van der Waals surface area (Å²) in [5.74, 6) is -1.61. The molecule has 2 aromatic rings. The smallest absolute Gasteiger partial charge is 0.425 e. The van der Waals surface area contributed by atoms with Crippen LogP contribution in [0.3, 0.4) is 0 Å². The van der Waals surface area contributed by atoms with Crippen LogP contribution in [0.1, 0.15) is 49.5 Å². The first-order valence-electron chi connectivity index (χ1n) is 10.1. The van der Waals surface area contributed by atoms with Crippen LogP contribution in [0.2, 0.25) is 0 Å². The van der Waals surface area contributed by atoms with Gasteiger partial charge in [0.25, 0.3) is 0 Å². The van der Waals surface area contributed by atoms with E-state index < -0.39 is 29.9 Å². The fraction of sp³-hybridized carbons (Fsp3) is 0.500. The molecule has 1 aromatic carbocycles. The summed E-state index contributed by atoms with van der Waals surface area (Å²) in [6.45, 7) is 4.01. The molecule has 0 bridgehead atoms. The van der Waals surface area contributed by atoms with Crippen LogP contribution < -0.4 is 5.32 Å². The molecule has 0 unspecified atom stereocenters. The average Bonchev–Trinajstić information content (AvgIpc) is 3.23. The van der Waals surface area contributed by atoms with Gasteiger partial charge in [0.1, 0.15) is 5.76 Å². The Morgan fingerprint density at radius 3 is 2.57 bits per heavy atom. The summed E-state index contributed by atoms with van der Waals surface area (Å²) < 4.78 is 45.1. The summed E-state index contributed by atoms with van der Waals surface area (Å²) >= 11 is 0. The number of alkyl halides is 3. The van der Waals surface area contributed by atoms with Crippen molar-refractivity contribution in [3.05, 3.63) is 59.5 Å². The highest BCUT2D eigenvalue weighted by atomic mass is 19.4. The number of aliphatic hydroxyl groups is 1. The standard InChI is InChI=1S/C22H27F3N2O3/c1-16-7-4-5-11-27(16)15-18-9-3-2-8-17(18)14-26-20(28)13-21(29,22(23,24)25)19-10-6-12-30-19/h2-3,6,8-10,12,16,29H,4-5,7,11,13-15H2,1H3,(H,26,28)/t16-,21-/m1/s1. The number of nitrogens with one attached hydrogen (secondary N) is 1. The Morgan fingerprint density at radius 1 is 1.20 bits per heavy atom. The highest BCUT2D eigenvalue weighted by Gasteiger charge is 2.58. The third-order valence-electron chi connectivity index (χ3n) is 5.72. The largest absolute Gasteiger partial charge is 0.466 e. The van der Waals surface area contributed by atoms with Crippen molar-refractivity contribution < 1.29 is 27.5 Å². The van der Waals surface area contributed by atoms with Gasteiger partial charge in [0.15, 0.2) is 0 Å². The van der Waals surface area contributed by atoms with E-state index in [1.807, 2.05) is 24.3 Å². The second-order valence-corrected chi connectivity index (χ2v) is 7.87. The molecule has 1 aromatic heterocycles. The van der Waals surface area contributed by atoms with Crippen LogP contribution in [-0.2, 0) is 23.5 Å². The highest BCUT2D eigenvalue weighted by Crippen LogP contribution is 2.41. The Labute approximate surface area is 173 Å². The summed E-state index contributed by atoms with van der Waals surface area (Å²) in [4.78, 5) is 14.7. The van der Waals surface area contributed by atoms with Gasteiger partial charge in [0.05, 0.1) is 12.7 Å². The zero-order valence-electron chi connectivity index (χ0n) is 16.9. The average molecular weight is 424 g/mol. The first-order chi connectivity index (χ1) is 14.2. The Bertz CT molecular complexity index is 838. The molecule has 5 nitrogen and oxygen atoms in total. The van der Waals surface area contributed by atoms with Crippen molar-refractivity contribution in [2.75, 3.05) is 6.54 Å². The molecule has 0 radical (unpaired) electrons. The topological polar surface area (TPSA) is 65.7 Å². The summed E-state index contributed by atoms with van der Waals surface area (Å²) in [6, 6.07) is 10.3. The van der Waals surface area contributed by atoms with Crippen LogP contribution in [0, 0.1) is 0 Å². The van der Waals surface area contributed by atoms with Gasteiger partial charge in [0.2, 0.25) is 11.5 Å². The molecular formula is C22H27F3N2O3. The van der Waals surface area contributed by atoms with Gasteiger partial charge in [0, 0.05) is 19.1 Å². The predicted octanol–water partition coefficient (Wildman–Crippen LogP) is 4.11. The number of piperidine rings is 1. The molecular weight excluding hydrogens is 397 g/mol. The summed E-state index contributed by atoms with van der Waals surface area (Å²) in [7, 11) is 0. The lowest BCUT2D eigenvalue weighted by molar-refractivity contribution is -0.273. The van der Waals surface area contributed by atoms with Crippen molar-refractivity contribution in [2.24, 2.45) is 0 Å². The highest BCUT2D eigenvalue weighted by molar-refractivity contribution is 5.77. The monoisotopic (exact) mass is 424 g/mol. The summed E-state index contributed by atoms with van der Waals surface area (Å²) in [5, 5.41) is 12.7. The van der Waals surface area contributed by atoms with Crippen molar-refractivity contribution >= 4 is 5.91 Å². The first-order valence-corrected chi connectivity index (χ1v) is 10.1. The lowest BCUT2D eigenvalue weighted by Gasteiger charge is -2.33. The molecule has 1 fully saturated rings. The number of rotatable bonds is 7. The fourth-order valence-electron chi connectivity index (χ4n) is 3.83. The Kier molecular flexibility index (Phi) is 6.88. The molecule has 1 saturated heterocycles. The molecule has 3 rings (SSSR count). The second-order valence-electron chi connectivity index (χ2n) is 7.87. The molecule has 0 saturated carbocycles. The van der Waals surface area contributed by atoms with E-state index >= 15 is 0 Å². The van der Waals surface area contributed by atoms with Crippen molar-refractivity contribution in [3.63, 3.8) is 0 Å².